The Kier molecular flexibility index (Phi) is 4.33. The molecule has 1 N–H and O–H groups in total. The second-order valence-corrected chi connectivity index (χ2v) is 3.66. The lowest BCUT2D eigenvalue weighted by molar-refractivity contribution is -0.145. The SMILES string of the molecule is CCOC(=O)c1cnn(C[C@H](C)O)c1C(F)(F)F. The Bertz CT molecular complexity index is 426. The van der Waals surface area contributed by atoms with Gasteiger partial charge in [0.1, 0.15) is 5.56 Å². The van der Waals surface area contributed by atoms with Gasteiger partial charge in [-0.15, -0.1) is 0 Å². The molecule has 102 valence electrons. The van der Waals surface area contributed by atoms with E-state index in [0.29, 0.717) is 4.68 Å². The molecule has 1 heterocycles. The van der Waals surface area contributed by atoms with Crippen molar-refractivity contribution in [1.82, 2.24) is 9.78 Å². The summed E-state index contributed by atoms with van der Waals surface area (Å²) in [4.78, 5) is 11.4. The number of hydrogen-bond donors (Lipinski definition) is 1. The maximum Gasteiger partial charge on any atom is 0.433 e. The van der Waals surface area contributed by atoms with Crippen molar-refractivity contribution in [2.45, 2.75) is 32.7 Å². The van der Waals surface area contributed by atoms with Crippen molar-refractivity contribution in [2.75, 3.05) is 6.61 Å². The molecule has 0 aromatic carbocycles. The normalized spacial score (nSPS) is 13.4. The van der Waals surface area contributed by atoms with Crippen LogP contribution < -0.4 is 0 Å². The first-order valence-electron chi connectivity index (χ1n) is 5.25. The standard InChI is InChI=1S/C10H13F3N2O3/c1-3-18-9(17)7-4-14-15(5-6(2)16)8(7)10(11,12)13/h4,6,16H,3,5H2,1-2H3/t6-/m0/s1. The van der Waals surface area contributed by atoms with E-state index in [1.807, 2.05) is 0 Å². The molecule has 0 spiro atoms. The number of carbonyl (C=O) groups is 1. The van der Waals surface area contributed by atoms with Crippen LogP contribution in [0.3, 0.4) is 0 Å². The predicted octanol–water partition coefficient (Wildman–Crippen LogP) is 1.46. The zero-order valence-corrected chi connectivity index (χ0v) is 9.86. The highest BCUT2D eigenvalue weighted by Gasteiger charge is 2.40. The van der Waals surface area contributed by atoms with Crippen molar-refractivity contribution >= 4 is 5.97 Å². The van der Waals surface area contributed by atoms with E-state index in [-0.39, 0.29) is 13.2 Å². The van der Waals surface area contributed by atoms with Crippen LogP contribution in [0.15, 0.2) is 6.20 Å². The minimum atomic E-state index is -4.74. The molecule has 1 aromatic rings. The minimum Gasteiger partial charge on any atom is -0.462 e. The predicted molar refractivity (Wildman–Crippen MR) is 54.9 cm³/mol. The van der Waals surface area contributed by atoms with E-state index in [2.05, 4.69) is 9.84 Å². The summed E-state index contributed by atoms with van der Waals surface area (Å²) in [7, 11) is 0. The molecule has 1 atom stereocenters. The van der Waals surface area contributed by atoms with Crippen molar-refractivity contribution in [3.05, 3.63) is 17.5 Å². The third-order valence-corrected chi connectivity index (χ3v) is 2.04. The van der Waals surface area contributed by atoms with Gasteiger partial charge in [0, 0.05) is 0 Å². The van der Waals surface area contributed by atoms with Crippen molar-refractivity contribution in [3.8, 4) is 0 Å². The Balaban J connectivity index is 3.20. The van der Waals surface area contributed by atoms with Crippen LogP contribution in [0.25, 0.3) is 0 Å². The second-order valence-electron chi connectivity index (χ2n) is 3.66. The molecule has 0 radical (unpaired) electrons. The van der Waals surface area contributed by atoms with E-state index in [4.69, 9.17) is 5.11 Å². The Labute approximate surface area is 101 Å². The van der Waals surface area contributed by atoms with Crippen LogP contribution in [-0.2, 0) is 17.5 Å². The van der Waals surface area contributed by atoms with Crippen LogP contribution in [0, 0.1) is 0 Å². The maximum absolute atomic E-state index is 12.8. The second kappa shape index (κ2) is 5.38. The molecule has 0 aliphatic carbocycles. The third-order valence-electron chi connectivity index (χ3n) is 2.04. The van der Waals surface area contributed by atoms with Crippen LogP contribution in [0.1, 0.15) is 29.9 Å². The van der Waals surface area contributed by atoms with Crippen LogP contribution in [0.4, 0.5) is 13.2 Å². The Hall–Kier alpha value is -1.57. The summed E-state index contributed by atoms with van der Waals surface area (Å²) in [5.74, 6) is -1.08. The number of carbonyl (C=O) groups excluding carboxylic acids is 1. The van der Waals surface area contributed by atoms with Crippen molar-refractivity contribution < 1.29 is 27.8 Å². The molecule has 5 nitrogen and oxygen atoms in total. The van der Waals surface area contributed by atoms with Gasteiger partial charge in [-0.05, 0) is 13.8 Å². The molecule has 0 saturated heterocycles. The highest BCUT2D eigenvalue weighted by molar-refractivity contribution is 5.90. The lowest BCUT2D eigenvalue weighted by Gasteiger charge is -2.13. The van der Waals surface area contributed by atoms with E-state index in [9.17, 15) is 18.0 Å². The summed E-state index contributed by atoms with van der Waals surface area (Å²) in [6, 6.07) is 0. The Morgan fingerprint density at radius 2 is 2.22 bits per heavy atom. The molecule has 0 amide bonds. The summed E-state index contributed by atoms with van der Waals surface area (Å²) < 4.78 is 43.6. The minimum absolute atomic E-state index is 0.0300. The molecule has 1 rings (SSSR count). The van der Waals surface area contributed by atoms with Gasteiger partial charge in [0.25, 0.3) is 0 Å². The number of nitrogens with zero attached hydrogens (tertiary/aromatic N) is 2. The fourth-order valence-electron chi connectivity index (χ4n) is 1.43. The number of aromatic nitrogens is 2. The maximum atomic E-state index is 12.8. The van der Waals surface area contributed by atoms with Gasteiger partial charge in [-0.25, -0.2) is 4.79 Å². The molecular formula is C10H13F3N2O3. The summed E-state index contributed by atoms with van der Waals surface area (Å²) in [6.45, 7) is 2.43. The molecular weight excluding hydrogens is 253 g/mol. The molecule has 1 aromatic heterocycles. The van der Waals surface area contributed by atoms with Crippen LogP contribution in [-0.4, -0.2) is 33.6 Å². The quantitative estimate of drug-likeness (QED) is 0.838. The number of ether oxygens (including phenoxy) is 1. The molecule has 18 heavy (non-hydrogen) atoms. The van der Waals surface area contributed by atoms with Crippen LogP contribution >= 0.6 is 0 Å². The molecule has 0 aliphatic heterocycles. The van der Waals surface area contributed by atoms with E-state index in [0.717, 1.165) is 6.20 Å². The largest absolute Gasteiger partial charge is 0.462 e. The van der Waals surface area contributed by atoms with Gasteiger partial charge in [-0.1, -0.05) is 0 Å². The molecule has 0 aliphatic rings. The highest BCUT2D eigenvalue weighted by atomic mass is 19.4. The summed E-state index contributed by atoms with van der Waals surface area (Å²) in [5.41, 5.74) is -1.85. The fraction of sp³-hybridized carbons (Fsp3) is 0.600. The first-order valence-corrected chi connectivity index (χ1v) is 5.25. The Morgan fingerprint density at radius 3 is 2.67 bits per heavy atom. The topological polar surface area (TPSA) is 64.3 Å². The molecule has 8 heteroatoms. The van der Waals surface area contributed by atoms with Crippen molar-refractivity contribution in [2.24, 2.45) is 0 Å². The first-order chi connectivity index (χ1) is 8.27. The third kappa shape index (κ3) is 3.22. The van der Waals surface area contributed by atoms with Crippen LogP contribution in [0.5, 0.6) is 0 Å². The van der Waals surface area contributed by atoms with E-state index in [1.165, 1.54) is 13.8 Å². The summed E-state index contributed by atoms with van der Waals surface area (Å²) in [6.07, 6.45) is -4.96. The average molecular weight is 266 g/mol. The number of rotatable bonds is 4. The number of halogens is 3. The lowest BCUT2D eigenvalue weighted by atomic mass is 10.2. The number of alkyl halides is 3. The zero-order valence-electron chi connectivity index (χ0n) is 9.86. The average Bonchev–Trinajstić information content (AvgIpc) is 2.60. The number of aliphatic hydroxyl groups excluding tert-OH is 1. The van der Waals surface area contributed by atoms with E-state index in [1.54, 1.807) is 0 Å². The lowest BCUT2D eigenvalue weighted by Crippen LogP contribution is -2.22. The number of aliphatic hydroxyl groups is 1. The van der Waals surface area contributed by atoms with Gasteiger partial charge >= 0.3 is 12.1 Å². The first kappa shape index (κ1) is 14.5. The van der Waals surface area contributed by atoms with Gasteiger partial charge in [0.15, 0.2) is 5.69 Å². The van der Waals surface area contributed by atoms with Gasteiger partial charge < -0.3 is 9.84 Å². The van der Waals surface area contributed by atoms with Gasteiger partial charge in [-0.3, -0.25) is 4.68 Å². The molecule has 0 fully saturated rings. The molecule has 0 bridgehead atoms. The fourth-order valence-corrected chi connectivity index (χ4v) is 1.43. The monoisotopic (exact) mass is 266 g/mol. The van der Waals surface area contributed by atoms with Crippen molar-refractivity contribution in [3.63, 3.8) is 0 Å². The smallest absolute Gasteiger partial charge is 0.433 e. The summed E-state index contributed by atoms with van der Waals surface area (Å²) in [5, 5.41) is 12.6. The van der Waals surface area contributed by atoms with E-state index >= 15 is 0 Å². The highest BCUT2D eigenvalue weighted by Crippen LogP contribution is 2.32. The van der Waals surface area contributed by atoms with E-state index < -0.39 is 29.5 Å². The van der Waals surface area contributed by atoms with Crippen molar-refractivity contribution in [1.29, 1.82) is 0 Å². The van der Waals surface area contributed by atoms with Gasteiger partial charge in [0.2, 0.25) is 0 Å². The number of hydrogen-bond acceptors (Lipinski definition) is 4. The summed E-state index contributed by atoms with van der Waals surface area (Å²) >= 11 is 0. The molecule has 0 saturated carbocycles. The molecule has 0 unspecified atom stereocenters. The van der Waals surface area contributed by atoms with Crippen LogP contribution in [0.2, 0.25) is 0 Å². The van der Waals surface area contributed by atoms with Gasteiger partial charge in [0.05, 0.1) is 25.5 Å². The van der Waals surface area contributed by atoms with Gasteiger partial charge in [-0.2, -0.15) is 18.3 Å². The zero-order chi connectivity index (χ0) is 13.9. The number of esters is 1. The Morgan fingerprint density at radius 1 is 1.61 bits per heavy atom.